The summed E-state index contributed by atoms with van der Waals surface area (Å²) in [6.45, 7) is 12.4. The molecule has 1 amide bonds. The number of nitrogens with one attached hydrogen (secondary N) is 1. The van der Waals surface area contributed by atoms with E-state index in [1.54, 1.807) is 11.1 Å². The number of benzene rings is 1. The normalized spacial score (nSPS) is 30.6. The molecule has 1 aromatic carbocycles. The van der Waals surface area contributed by atoms with Crippen LogP contribution in [0.25, 0.3) is 0 Å². The van der Waals surface area contributed by atoms with E-state index in [0.29, 0.717) is 18.3 Å². The molecule has 1 N–H and O–H groups in total. The first-order valence-corrected chi connectivity index (χ1v) is 10.7. The molecule has 0 spiro atoms. The summed E-state index contributed by atoms with van der Waals surface area (Å²) >= 11 is 0. The molecule has 2 nitrogen and oxygen atoms in total. The molecule has 1 aromatic rings. The summed E-state index contributed by atoms with van der Waals surface area (Å²) in [5.41, 5.74) is 5.10. The molecule has 2 aliphatic carbocycles. The maximum absolute atomic E-state index is 12.1. The van der Waals surface area contributed by atoms with Crippen molar-refractivity contribution in [1.82, 2.24) is 5.32 Å². The Hall–Kier alpha value is -1.31. The van der Waals surface area contributed by atoms with Crippen LogP contribution in [0.4, 0.5) is 0 Å². The van der Waals surface area contributed by atoms with Crippen molar-refractivity contribution in [3.8, 4) is 0 Å². The van der Waals surface area contributed by atoms with Crippen molar-refractivity contribution < 1.29 is 4.79 Å². The number of amides is 1. The topological polar surface area (TPSA) is 29.1 Å². The SMILES string of the molecule is CCCC(=O)NC[C@]1(C)CCC[C@]2(C)c3ccc(C(C)C)cc3CC[C@@H]12. The van der Waals surface area contributed by atoms with Crippen LogP contribution in [0.3, 0.4) is 0 Å². The third-order valence-electron chi connectivity index (χ3n) is 7.33. The van der Waals surface area contributed by atoms with Crippen molar-refractivity contribution in [1.29, 1.82) is 0 Å². The predicted octanol–water partition coefficient (Wildman–Crippen LogP) is 5.74. The molecule has 0 saturated heterocycles. The number of hydrogen-bond donors (Lipinski definition) is 1. The Bertz CT molecular complexity index is 664. The van der Waals surface area contributed by atoms with Gasteiger partial charge in [0.15, 0.2) is 0 Å². The lowest BCUT2D eigenvalue weighted by atomic mass is 9.49. The second-order valence-electron chi connectivity index (χ2n) is 9.61. The molecule has 1 fully saturated rings. The second-order valence-corrected chi connectivity index (χ2v) is 9.61. The standard InChI is InChI=1S/C24H37NO/c1-6-8-22(26)25-16-23(4)13-7-14-24(5)20-11-9-18(17(2)3)15-19(20)10-12-21(23)24/h9,11,15,17,21H,6-8,10,12-14,16H2,1-5H3,(H,25,26)/t21-,23-,24+/m0/s1. The molecule has 0 aliphatic heterocycles. The summed E-state index contributed by atoms with van der Waals surface area (Å²) in [4.78, 5) is 12.1. The zero-order valence-corrected chi connectivity index (χ0v) is 17.5. The molecule has 0 heterocycles. The minimum absolute atomic E-state index is 0.213. The summed E-state index contributed by atoms with van der Waals surface area (Å²) in [5.74, 6) is 1.47. The van der Waals surface area contributed by atoms with Crippen LogP contribution >= 0.6 is 0 Å². The van der Waals surface area contributed by atoms with E-state index < -0.39 is 0 Å². The average Bonchev–Trinajstić information content (AvgIpc) is 2.60. The van der Waals surface area contributed by atoms with Gasteiger partial charge in [0.05, 0.1) is 0 Å². The highest BCUT2D eigenvalue weighted by atomic mass is 16.1. The monoisotopic (exact) mass is 355 g/mol. The second kappa shape index (κ2) is 7.37. The third kappa shape index (κ3) is 3.44. The first-order valence-electron chi connectivity index (χ1n) is 10.7. The quantitative estimate of drug-likeness (QED) is 0.717. The van der Waals surface area contributed by atoms with Crippen LogP contribution in [0.2, 0.25) is 0 Å². The van der Waals surface area contributed by atoms with Gasteiger partial charge >= 0.3 is 0 Å². The first kappa shape index (κ1) is 19.5. The van der Waals surface area contributed by atoms with Gasteiger partial charge in [-0.05, 0) is 71.5 Å². The molecule has 144 valence electrons. The fourth-order valence-electron chi connectivity index (χ4n) is 5.83. The molecule has 2 heteroatoms. The number of fused-ring (bicyclic) bond motifs is 3. The van der Waals surface area contributed by atoms with Gasteiger partial charge in [0.25, 0.3) is 0 Å². The van der Waals surface area contributed by atoms with Crippen LogP contribution in [0.1, 0.15) is 95.8 Å². The van der Waals surface area contributed by atoms with Crippen LogP contribution < -0.4 is 5.32 Å². The molecule has 26 heavy (non-hydrogen) atoms. The Morgan fingerprint density at radius 2 is 2.04 bits per heavy atom. The molecule has 1 saturated carbocycles. The summed E-state index contributed by atoms with van der Waals surface area (Å²) in [6.07, 6.45) is 7.80. The van der Waals surface area contributed by atoms with Crippen molar-refractivity contribution >= 4 is 5.91 Å². The van der Waals surface area contributed by atoms with E-state index in [0.717, 1.165) is 13.0 Å². The van der Waals surface area contributed by atoms with Crippen LogP contribution in [0.5, 0.6) is 0 Å². The van der Waals surface area contributed by atoms with Crippen LogP contribution in [0.15, 0.2) is 18.2 Å². The summed E-state index contributed by atoms with van der Waals surface area (Å²) < 4.78 is 0. The molecule has 3 atom stereocenters. The highest BCUT2D eigenvalue weighted by Crippen LogP contribution is 2.57. The number of carbonyl (C=O) groups excluding carboxylic acids is 1. The Labute approximate surface area is 160 Å². The number of rotatable bonds is 5. The van der Waals surface area contributed by atoms with Gasteiger partial charge in [-0.15, -0.1) is 0 Å². The van der Waals surface area contributed by atoms with Gasteiger partial charge < -0.3 is 5.32 Å². The molecule has 0 radical (unpaired) electrons. The van der Waals surface area contributed by atoms with Gasteiger partial charge in [-0.1, -0.05) is 59.2 Å². The van der Waals surface area contributed by atoms with Crippen molar-refractivity contribution in [2.24, 2.45) is 11.3 Å². The number of carbonyl (C=O) groups is 1. The van der Waals surface area contributed by atoms with Crippen molar-refractivity contribution in [2.75, 3.05) is 6.54 Å². The fraction of sp³-hybridized carbons (Fsp3) is 0.708. The summed E-state index contributed by atoms with van der Waals surface area (Å²) in [5, 5.41) is 3.25. The molecular weight excluding hydrogens is 318 g/mol. The average molecular weight is 356 g/mol. The Balaban J connectivity index is 1.86. The highest BCUT2D eigenvalue weighted by Gasteiger charge is 2.51. The third-order valence-corrected chi connectivity index (χ3v) is 7.33. The largest absolute Gasteiger partial charge is 0.356 e. The van der Waals surface area contributed by atoms with Crippen LogP contribution in [0, 0.1) is 11.3 Å². The lowest BCUT2D eigenvalue weighted by molar-refractivity contribution is -0.122. The number of hydrogen-bond acceptors (Lipinski definition) is 1. The number of aryl methyl sites for hydroxylation is 1. The van der Waals surface area contributed by atoms with E-state index in [4.69, 9.17) is 0 Å². The van der Waals surface area contributed by atoms with Crippen molar-refractivity contribution in [3.63, 3.8) is 0 Å². The Morgan fingerprint density at radius 1 is 1.27 bits per heavy atom. The van der Waals surface area contributed by atoms with E-state index in [2.05, 4.69) is 58.1 Å². The van der Waals surface area contributed by atoms with E-state index in [1.807, 2.05) is 0 Å². The lowest BCUT2D eigenvalue weighted by Gasteiger charge is -2.55. The van der Waals surface area contributed by atoms with Crippen LogP contribution in [-0.2, 0) is 16.6 Å². The smallest absolute Gasteiger partial charge is 0.220 e. The lowest BCUT2D eigenvalue weighted by Crippen LogP contribution is -2.53. The van der Waals surface area contributed by atoms with Gasteiger partial charge in [-0.25, -0.2) is 0 Å². The van der Waals surface area contributed by atoms with Crippen molar-refractivity contribution in [2.45, 2.75) is 90.9 Å². The van der Waals surface area contributed by atoms with E-state index >= 15 is 0 Å². The summed E-state index contributed by atoms with van der Waals surface area (Å²) in [6, 6.07) is 7.25. The van der Waals surface area contributed by atoms with E-state index in [1.165, 1.54) is 37.7 Å². The Morgan fingerprint density at radius 3 is 2.73 bits per heavy atom. The molecule has 0 unspecified atom stereocenters. The van der Waals surface area contributed by atoms with Gasteiger partial charge in [-0.3, -0.25) is 4.79 Å². The van der Waals surface area contributed by atoms with E-state index in [9.17, 15) is 4.79 Å². The van der Waals surface area contributed by atoms with Gasteiger partial charge in [0, 0.05) is 13.0 Å². The maximum Gasteiger partial charge on any atom is 0.220 e. The molecule has 0 aromatic heterocycles. The van der Waals surface area contributed by atoms with Gasteiger partial charge in [-0.2, -0.15) is 0 Å². The Kier molecular flexibility index (Phi) is 5.51. The predicted molar refractivity (Wildman–Crippen MR) is 110 cm³/mol. The summed E-state index contributed by atoms with van der Waals surface area (Å²) in [7, 11) is 0. The van der Waals surface area contributed by atoms with Gasteiger partial charge in [0.2, 0.25) is 5.91 Å². The van der Waals surface area contributed by atoms with E-state index in [-0.39, 0.29) is 16.7 Å². The molecule has 0 bridgehead atoms. The highest BCUT2D eigenvalue weighted by molar-refractivity contribution is 5.75. The minimum atomic E-state index is 0.213. The first-order chi connectivity index (χ1) is 12.3. The molecular formula is C24H37NO. The fourth-order valence-corrected chi connectivity index (χ4v) is 5.83. The zero-order chi connectivity index (χ0) is 18.9. The molecule has 3 rings (SSSR count). The van der Waals surface area contributed by atoms with Crippen LogP contribution in [-0.4, -0.2) is 12.5 Å². The van der Waals surface area contributed by atoms with Crippen molar-refractivity contribution in [3.05, 3.63) is 34.9 Å². The van der Waals surface area contributed by atoms with Gasteiger partial charge in [0.1, 0.15) is 0 Å². The zero-order valence-electron chi connectivity index (χ0n) is 17.5. The maximum atomic E-state index is 12.1. The molecule has 2 aliphatic rings. The minimum Gasteiger partial charge on any atom is -0.356 e.